The molecular weight excluding hydrogens is 240 g/mol. The van der Waals surface area contributed by atoms with E-state index in [-0.39, 0.29) is 11.3 Å². The summed E-state index contributed by atoms with van der Waals surface area (Å²) in [7, 11) is 1.30. The molecule has 0 saturated heterocycles. The van der Waals surface area contributed by atoms with E-state index >= 15 is 0 Å². The summed E-state index contributed by atoms with van der Waals surface area (Å²) in [6.07, 6.45) is 0.719. The van der Waals surface area contributed by atoms with E-state index in [4.69, 9.17) is 0 Å². The SMILES string of the molecule is COC(=O)c1cc(Cc2ccccc2C)ccc1O. The van der Waals surface area contributed by atoms with Crippen molar-refractivity contribution in [3.8, 4) is 5.75 Å². The van der Waals surface area contributed by atoms with Gasteiger partial charge in [0.2, 0.25) is 0 Å². The first-order valence-electron chi connectivity index (χ1n) is 6.06. The molecule has 2 aromatic rings. The third-order valence-corrected chi connectivity index (χ3v) is 3.12. The summed E-state index contributed by atoms with van der Waals surface area (Å²) in [4.78, 5) is 11.5. The Kier molecular flexibility index (Phi) is 3.85. The Labute approximate surface area is 112 Å². The van der Waals surface area contributed by atoms with Gasteiger partial charge in [-0.1, -0.05) is 30.3 Å². The fourth-order valence-corrected chi connectivity index (χ4v) is 1.99. The summed E-state index contributed by atoms with van der Waals surface area (Å²) in [5.41, 5.74) is 3.57. The summed E-state index contributed by atoms with van der Waals surface area (Å²) >= 11 is 0. The van der Waals surface area contributed by atoms with Crippen LogP contribution in [-0.4, -0.2) is 18.2 Å². The number of rotatable bonds is 3. The van der Waals surface area contributed by atoms with Gasteiger partial charge in [0.1, 0.15) is 11.3 Å². The van der Waals surface area contributed by atoms with Crippen molar-refractivity contribution in [2.45, 2.75) is 13.3 Å². The fourth-order valence-electron chi connectivity index (χ4n) is 1.99. The van der Waals surface area contributed by atoms with Crippen molar-refractivity contribution < 1.29 is 14.6 Å². The average molecular weight is 256 g/mol. The van der Waals surface area contributed by atoms with Crippen LogP contribution in [0.3, 0.4) is 0 Å². The van der Waals surface area contributed by atoms with Crippen LogP contribution in [0.1, 0.15) is 27.0 Å². The molecule has 1 N–H and O–H groups in total. The predicted octanol–water partition coefficient (Wildman–Crippen LogP) is 3.08. The number of methoxy groups -OCH3 is 1. The number of carbonyl (C=O) groups excluding carboxylic acids is 1. The van der Waals surface area contributed by atoms with Crippen LogP contribution in [0.15, 0.2) is 42.5 Å². The molecule has 2 aromatic carbocycles. The molecule has 0 saturated carbocycles. The predicted molar refractivity (Wildman–Crippen MR) is 73.4 cm³/mol. The molecule has 0 aliphatic heterocycles. The summed E-state index contributed by atoms with van der Waals surface area (Å²) in [6, 6.07) is 13.1. The standard InChI is InChI=1S/C16H16O3/c1-11-5-3-4-6-13(11)9-12-7-8-15(17)14(10-12)16(18)19-2/h3-8,10,17H,9H2,1-2H3. The number of hydrogen-bond acceptors (Lipinski definition) is 3. The summed E-state index contributed by atoms with van der Waals surface area (Å²) in [6.45, 7) is 2.05. The van der Waals surface area contributed by atoms with E-state index in [0.717, 1.165) is 12.0 Å². The van der Waals surface area contributed by atoms with E-state index in [1.54, 1.807) is 6.07 Å². The molecule has 0 aromatic heterocycles. The second kappa shape index (κ2) is 5.57. The van der Waals surface area contributed by atoms with Crippen LogP contribution in [0.25, 0.3) is 0 Å². The topological polar surface area (TPSA) is 46.5 Å². The van der Waals surface area contributed by atoms with Gasteiger partial charge in [-0.15, -0.1) is 0 Å². The minimum atomic E-state index is -0.524. The number of benzene rings is 2. The van der Waals surface area contributed by atoms with E-state index < -0.39 is 5.97 Å². The lowest BCUT2D eigenvalue weighted by molar-refractivity contribution is 0.0597. The summed E-state index contributed by atoms with van der Waals surface area (Å²) in [5.74, 6) is -0.579. The Morgan fingerprint density at radius 2 is 1.95 bits per heavy atom. The number of hydrogen-bond donors (Lipinski definition) is 1. The van der Waals surface area contributed by atoms with E-state index in [0.29, 0.717) is 0 Å². The van der Waals surface area contributed by atoms with Crippen molar-refractivity contribution in [3.05, 3.63) is 64.7 Å². The Morgan fingerprint density at radius 1 is 1.21 bits per heavy atom. The zero-order valence-electron chi connectivity index (χ0n) is 11.0. The van der Waals surface area contributed by atoms with Gasteiger partial charge in [0.15, 0.2) is 0 Å². The van der Waals surface area contributed by atoms with Crippen LogP contribution in [0.2, 0.25) is 0 Å². The highest BCUT2D eigenvalue weighted by Gasteiger charge is 2.12. The van der Waals surface area contributed by atoms with Gasteiger partial charge < -0.3 is 9.84 Å². The van der Waals surface area contributed by atoms with Crippen LogP contribution in [0, 0.1) is 6.92 Å². The zero-order chi connectivity index (χ0) is 13.8. The van der Waals surface area contributed by atoms with E-state index in [1.807, 2.05) is 18.2 Å². The lowest BCUT2D eigenvalue weighted by atomic mass is 9.99. The highest BCUT2D eigenvalue weighted by atomic mass is 16.5. The number of ether oxygens (including phenoxy) is 1. The molecule has 0 fully saturated rings. The molecule has 0 bridgehead atoms. The first kappa shape index (κ1) is 13.1. The van der Waals surface area contributed by atoms with Gasteiger partial charge in [-0.3, -0.25) is 0 Å². The van der Waals surface area contributed by atoms with Crippen molar-refractivity contribution >= 4 is 5.97 Å². The van der Waals surface area contributed by atoms with E-state index in [2.05, 4.69) is 23.8 Å². The van der Waals surface area contributed by atoms with Gasteiger partial charge in [0.25, 0.3) is 0 Å². The van der Waals surface area contributed by atoms with Gasteiger partial charge in [0.05, 0.1) is 7.11 Å². The Bertz CT molecular complexity index is 603. The van der Waals surface area contributed by atoms with Gasteiger partial charge in [-0.05, 0) is 42.2 Å². The lowest BCUT2D eigenvalue weighted by Crippen LogP contribution is -2.03. The molecular formula is C16H16O3. The summed E-state index contributed by atoms with van der Waals surface area (Å²) in [5, 5.41) is 9.66. The average Bonchev–Trinajstić information content (AvgIpc) is 2.42. The molecule has 19 heavy (non-hydrogen) atoms. The second-order valence-corrected chi connectivity index (χ2v) is 4.45. The van der Waals surface area contributed by atoms with Crippen molar-refractivity contribution in [3.63, 3.8) is 0 Å². The van der Waals surface area contributed by atoms with Crippen LogP contribution < -0.4 is 0 Å². The molecule has 0 amide bonds. The number of phenolic OH excluding ortho intramolecular Hbond substituents is 1. The molecule has 0 heterocycles. The maximum atomic E-state index is 11.5. The molecule has 98 valence electrons. The third kappa shape index (κ3) is 2.94. The van der Waals surface area contributed by atoms with Gasteiger partial charge >= 0.3 is 5.97 Å². The van der Waals surface area contributed by atoms with Crippen molar-refractivity contribution in [2.24, 2.45) is 0 Å². The molecule has 0 aliphatic rings. The molecule has 3 nitrogen and oxygen atoms in total. The first-order chi connectivity index (χ1) is 9.11. The Morgan fingerprint density at radius 3 is 2.63 bits per heavy atom. The molecule has 0 spiro atoms. The maximum Gasteiger partial charge on any atom is 0.341 e. The van der Waals surface area contributed by atoms with E-state index in [9.17, 15) is 9.90 Å². The Hall–Kier alpha value is -2.29. The normalized spacial score (nSPS) is 10.2. The lowest BCUT2D eigenvalue weighted by Gasteiger charge is -2.08. The first-order valence-corrected chi connectivity index (χ1v) is 6.06. The highest BCUT2D eigenvalue weighted by molar-refractivity contribution is 5.92. The number of phenols is 1. The number of carbonyl (C=O) groups is 1. The largest absolute Gasteiger partial charge is 0.507 e. The van der Waals surface area contributed by atoms with Crippen LogP contribution in [-0.2, 0) is 11.2 Å². The van der Waals surface area contributed by atoms with Crippen LogP contribution in [0.5, 0.6) is 5.75 Å². The molecule has 2 rings (SSSR count). The molecule has 0 aliphatic carbocycles. The minimum absolute atomic E-state index is 0.0552. The van der Waals surface area contributed by atoms with E-state index in [1.165, 1.54) is 24.3 Å². The molecule has 3 heteroatoms. The van der Waals surface area contributed by atoms with Crippen molar-refractivity contribution in [2.75, 3.05) is 7.11 Å². The van der Waals surface area contributed by atoms with Crippen molar-refractivity contribution in [1.82, 2.24) is 0 Å². The van der Waals surface area contributed by atoms with Gasteiger partial charge in [-0.2, -0.15) is 0 Å². The summed E-state index contributed by atoms with van der Waals surface area (Å²) < 4.78 is 4.65. The molecule has 0 unspecified atom stereocenters. The number of aryl methyl sites for hydroxylation is 1. The smallest absolute Gasteiger partial charge is 0.341 e. The van der Waals surface area contributed by atoms with Crippen LogP contribution >= 0.6 is 0 Å². The van der Waals surface area contributed by atoms with Crippen LogP contribution in [0.4, 0.5) is 0 Å². The second-order valence-electron chi connectivity index (χ2n) is 4.45. The monoisotopic (exact) mass is 256 g/mol. The van der Waals surface area contributed by atoms with Crippen molar-refractivity contribution in [1.29, 1.82) is 0 Å². The highest BCUT2D eigenvalue weighted by Crippen LogP contribution is 2.22. The molecule has 0 atom stereocenters. The van der Waals surface area contributed by atoms with Gasteiger partial charge in [0, 0.05) is 0 Å². The fraction of sp³-hybridized carbons (Fsp3) is 0.188. The number of esters is 1. The number of aromatic hydroxyl groups is 1. The molecule has 0 radical (unpaired) electrons. The minimum Gasteiger partial charge on any atom is -0.507 e. The van der Waals surface area contributed by atoms with Gasteiger partial charge in [-0.25, -0.2) is 4.79 Å². The maximum absolute atomic E-state index is 11.5. The quantitative estimate of drug-likeness (QED) is 0.858. The third-order valence-electron chi connectivity index (χ3n) is 3.12. The zero-order valence-corrected chi connectivity index (χ0v) is 11.0. The Balaban J connectivity index is 2.32.